The van der Waals surface area contributed by atoms with E-state index in [1.807, 2.05) is 6.07 Å². The Morgan fingerprint density at radius 2 is 2.16 bits per heavy atom. The molecule has 2 rings (SSSR count). The van der Waals surface area contributed by atoms with E-state index in [-0.39, 0.29) is 6.10 Å². The van der Waals surface area contributed by atoms with Crippen LogP contribution >= 0.6 is 0 Å². The molecule has 1 aliphatic rings. The van der Waals surface area contributed by atoms with E-state index in [2.05, 4.69) is 15.2 Å². The summed E-state index contributed by atoms with van der Waals surface area (Å²) < 4.78 is 0. The number of nitrogens with zero attached hydrogens (tertiary/aromatic N) is 3. The second-order valence-corrected chi connectivity index (χ2v) is 4.94. The van der Waals surface area contributed by atoms with E-state index in [1.165, 1.54) is 19.3 Å². The molecule has 5 heteroatoms. The lowest BCUT2D eigenvalue weighted by Crippen LogP contribution is -2.39. The Morgan fingerprint density at radius 3 is 2.79 bits per heavy atom. The second kappa shape index (κ2) is 7.07. The maximum absolute atomic E-state index is 9.99. The summed E-state index contributed by atoms with van der Waals surface area (Å²) in [6, 6.07) is 5.45. The van der Waals surface area contributed by atoms with Crippen molar-refractivity contribution in [2.24, 2.45) is 0 Å². The number of anilines is 1. The fourth-order valence-corrected chi connectivity index (χ4v) is 2.30. The normalized spacial score (nSPS) is 17.7. The molecule has 1 aliphatic heterocycles. The number of aliphatic hydroxyl groups excluding tert-OH is 1. The largest absolute Gasteiger partial charge is 0.390 e. The molecule has 102 valence electrons. The average Bonchev–Trinajstić information content (AvgIpc) is 2.47. The van der Waals surface area contributed by atoms with E-state index in [4.69, 9.17) is 5.26 Å². The van der Waals surface area contributed by atoms with Crippen molar-refractivity contribution in [1.82, 2.24) is 9.88 Å². The number of β-amino-alcohol motifs (C(OH)–C–C–N with tert-alkyl or cyclic N) is 1. The van der Waals surface area contributed by atoms with Crippen LogP contribution in [0.15, 0.2) is 18.3 Å². The Bertz CT molecular complexity index is 420. The Labute approximate surface area is 113 Å². The van der Waals surface area contributed by atoms with Gasteiger partial charge in [0.15, 0.2) is 0 Å². The van der Waals surface area contributed by atoms with Gasteiger partial charge in [0, 0.05) is 13.1 Å². The van der Waals surface area contributed by atoms with Crippen LogP contribution in [0.3, 0.4) is 0 Å². The van der Waals surface area contributed by atoms with Gasteiger partial charge in [-0.3, -0.25) is 0 Å². The molecule has 2 heterocycles. The molecule has 0 amide bonds. The number of hydrogen-bond donors (Lipinski definition) is 2. The Kier molecular flexibility index (Phi) is 5.13. The molecule has 0 radical (unpaired) electrons. The van der Waals surface area contributed by atoms with Crippen molar-refractivity contribution in [3.8, 4) is 6.07 Å². The number of pyridine rings is 1. The minimum atomic E-state index is -0.381. The Hall–Kier alpha value is -1.64. The molecule has 1 unspecified atom stereocenters. The first-order valence-corrected chi connectivity index (χ1v) is 6.78. The first kappa shape index (κ1) is 13.8. The lowest BCUT2D eigenvalue weighted by Gasteiger charge is -2.28. The van der Waals surface area contributed by atoms with Crippen molar-refractivity contribution >= 4 is 5.69 Å². The van der Waals surface area contributed by atoms with Gasteiger partial charge in [-0.1, -0.05) is 6.42 Å². The summed E-state index contributed by atoms with van der Waals surface area (Å²) in [7, 11) is 0. The molecule has 1 atom stereocenters. The number of likely N-dealkylation sites (tertiary alicyclic amines) is 1. The van der Waals surface area contributed by atoms with Crippen LogP contribution in [-0.4, -0.2) is 47.3 Å². The number of piperidine rings is 1. The number of rotatable bonds is 5. The number of aromatic nitrogens is 1. The molecule has 2 N–H and O–H groups in total. The van der Waals surface area contributed by atoms with Gasteiger partial charge in [0.25, 0.3) is 0 Å². The first-order chi connectivity index (χ1) is 9.28. The van der Waals surface area contributed by atoms with Crippen molar-refractivity contribution in [3.63, 3.8) is 0 Å². The molecule has 0 bridgehead atoms. The SMILES string of the molecule is N#Cc1ccc(NCC(O)CN2CCCCC2)cn1. The van der Waals surface area contributed by atoms with Crippen LogP contribution in [0, 0.1) is 11.3 Å². The van der Waals surface area contributed by atoms with Crippen molar-refractivity contribution in [1.29, 1.82) is 5.26 Å². The highest BCUT2D eigenvalue weighted by Gasteiger charge is 2.14. The summed E-state index contributed by atoms with van der Waals surface area (Å²) in [5.74, 6) is 0. The lowest BCUT2D eigenvalue weighted by atomic mass is 10.1. The Morgan fingerprint density at radius 1 is 1.37 bits per heavy atom. The Balaban J connectivity index is 1.73. The van der Waals surface area contributed by atoms with E-state index < -0.39 is 0 Å². The lowest BCUT2D eigenvalue weighted by molar-refractivity contribution is 0.110. The summed E-state index contributed by atoms with van der Waals surface area (Å²) in [5, 5.41) is 21.8. The predicted octanol–water partition coefficient (Wildman–Crippen LogP) is 1.21. The van der Waals surface area contributed by atoms with Crippen LogP contribution in [0.1, 0.15) is 25.0 Å². The summed E-state index contributed by atoms with van der Waals surface area (Å²) in [4.78, 5) is 6.29. The van der Waals surface area contributed by atoms with Crippen LogP contribution in [0.2, 0.25) is 0 Å². The highest BCUT2D eigenvalue weighted by Crippen LogP contribution is 2.10. The van der Waals surface area contributed by atoms with E-state index in [9.17, 15) is 5.11 Å². The van der Waals surface area contributed by atoms with Crippen molar-refractivity contribution in [2.45, 2.75) is 25.4 Å². The van der Waals surface area contributed by atoms with Gasteiger partial charge in [-0.2, -0.15) is 5.26 Å². The molecule has 0 aliphatic carbocycles. The molecule has 1 aromatic heterocycles. The smallest absolute Gasteiger partial charge is 0.140 e. The average molecular weight is 260 g/mol. The van der Waals surface area contributed by atoms with E-state index in [1.54, 1.807) is 18.3 Å². The van der Waals surface area contributed by atoms with Crippen LogP contribution in [0.4, 0.5) is 5.69 Å². The summed E-state index contributed by atoms with van der Waals surface area (Å²) in [5.41, 5.74) is 1.23. The molecule has 0 spiro atoms. The molecular weight excluding hydrogens is 240 g/mol. The fourth-order valence-electron chi connectivity index (χ4n) is 2.30. The maximum Gasteiger partial charge on any atom is 0.140 e. The third-order valence-corrected chi connectivity index (χ3v) is 3.34. The van der Waals surface area contributed by atoms with E-state index >= 15 is 0 Å². The molecule has 0 saturated carbocycles. The van der Waals surface area contributed by atoms with Gasteiger partial charge < -0.3 is 15.3 Å². The first-order valence-electron chi connectivity index (χ1n) is 6.78. The van der Waals surface area contributed by atoms with E-state index in [0.29, 0.717) is 12.2 Å². The highest BCUT2D eigenvalue weighted by molar-refractivity contribution is 5.42. The maximum atomic E-state index is 9.99. The second-order valence-electron chi connectivity index (χ2n) is 4.94. The molecule has 1 saturated heterocycles. The summed E-state index contributed by atoms with van der Waals surface area (Å²) in [6.07, 6.45) is 5.02. The number of hydrogen-bond acceptors (Lipinski definition) is 5. The zero-order valence-corrected chi connectivity index (χ0v) is 11.0. The van der Waals surface area contributed by atoms with Gasteiger partial charge >= 0.3 is 0 Å². The van der Waals surface area contributed by atoms with Crippen LogP contribution in [0.5, 0.6) is 0 Å². The van der Waals surface area contributed by atoms with Gasteiger partial charge in [0.2, 0.25) is 0 Å². The molecule has 5 nitrogen and oxygen atoms in total. The third kappa shape index (κ3) is 4.51. The van der Waals surface area contributed by atoms with Crippen LogP contribution in [-0.2, 0) is 0 Å². The molecular formula is C14H20N4O. The van der Waals surface area contributed by atoms with Crippen molar-refractivity contribution in [2.75, 3.05) is 31.5 Å². The van der Waals surface area contributed by atoms with E-state index in [0.717, 1.165) is 25.3 Å². The topological polar surface area (TPSA) is 72.2 Å². The highest BCUT2D eigenvalue weighted by atomic mass is 16.3. The molecule has 1 fully saturated rings. The molecule has 19 heavy (non-hydrogen) atoms. The number of nitriles is 1. The minimum absolute atomic E-state index is 0.381. The fraction of sp³-hybridized carbons (Fsp3) is 0.571. The molecule has 0 aromatic carbocycles. The minimum Gasteiger partial charge on any atom is -0.390 e. The van der Waals surface area contributed by atoms with Gasteiger partial charge in [0.1, 0.15) is 11.8 Å². The van der Waals surface area contributed by atoms with Gasteiger partial charge in [-0.15, -0.1) is 0 Å². The van der Waals surface area contributed by atoms with Gasteiger partial charge in [0.05, 0.1) is 18.0 Å². The van der Waals surface area contributed by atoms with Gasteiger partial charge in [-0.05, 0) is 38.1 Å². The quantitative estimate of drug-likeness (QED) is 0.832. The standard InChI is InChI=1S/C14H20N4O/c15-8-12-4-5-13(9-16-12)17-10-14(19)11-18-6-2-1-3-7-18/h4-5,9,14,17,19H,1-3,6-7,10-11H2. The van der Waals surface area contributed by atoms with Crippen LogP contribution in [0.25, 0.3) is 0 Å². The summed E-state index contributed by atoms with van der Waals surface area (Å²) >= 11 is 0. The third-order valence-electron chi connectivity index (χ3n) is 3.34. The van der Waals surface area contributed by atoms with Crippen molar-refractivity contribution < 1.29 is 5.11 Å². The molecule has 1 aromatic rings. The monoisotopic (exact) mass is 260 g/mol. The predicted molar refractivity (Wildman–Crippen MR) is 73.7 cm³/mol. The van der Waals surface area contributed by atoms with Gasteiger partial charge in [-0.25, -0.2) is 4.98 Å². The van der Waals surface area contributed by atoms with Crippen molar-refractivity contribution in [3.05, 3.63) is 24.0 Å². The number of nitrogens with one attached hydrogen (secondary N) is 1. The number of aliphatic hydroxyl groups is 1. The zero-order valence-electron chi connectivity index (χ0n) is 11.0. The summed E-state index contributed by atoms with van der Waals surface area (Å²) in [6.45, 7) is 3.41. The zero-order chi connectivity index (χ0) is 13.5. The van der Waals surface area contributed by atoms with Crippen LogP contribution < -0.4 is 5.32 Å².